The predicted molar refractivity (Wildman–Crippen MR) is 101 cm³/mol. The highest BCUT2D eigenvalue weighted by atomic mass is 16.6. The minimum absolute atomic E-state index is 0.0365. The number of benzene rings is 2. The number of anilines is 1. The first kappa shape index (κ1) is 16.4. The van der Waals surface area contributed by atoms with E-state index >= 15 is 0 Å². The highest BCUT2D eigenvalue weighted by Crippen LogP contribution is 2.34. The average molecular weight is 348 g/mol. The van der Waals surface area contributed by atoms with Crippen LogP contribution >= 0.6 is 0 Å². The van der Waals surface area contributed by atoms with E-state index < -0.39 is 0 Å². The van der Waals surface area contributed by atoms with Crippen molar-refractivity contribution in [1.29, 1.82) is 0 Å². The number of fused-ring (bicyclic) bond motifs is 2. The van der Waals surface area contributed by atoms with Gasteiger partial charge in [0.1, 0.15) is 13.2 Å². The fourth-order valence-corrected chi connectivity index (χ4v) is 3.17. The van der Waals surface area contributed by atoms with Crippen LogP contribution in [0.25, 0.3) is 10.9 Å². The Morgan fingerprint density at radius 2 is 1.92 bits per heavy atom. The maximum Gasteiger partial charge on any atom is 0.225 e. The van der Waals surface area contributed by atoms with Crippen molar-refractivity contribution in [3.63, 3.8) is 0 Å². The third kappa shape index (κ3) is 3.33. The SMILES string of the molecule is CC(CC(=O)Nc1cccc2cccnc12)c1ccc2c(c1)OCCO2. The summed E-state index contributed by atoms with van der Waals surface area (Å²) >= 11 is 0. The summed E-state index contributed by atoms with van der Waals surface area (Å²) in [4.78, 5) is 16.9. The van der Waals surface area contributed by atoms with E-state index in [9.17, 15) is 4.79 Å². The molecule has 2 aromatic carbocycles. The summed E-state index contributed by atoms with van der Waals surface area (Å²) in [6.07, 6.45) is 2.11. The first-order valence-electron chi connectivity index (χ1n) is 8.74. The number of hydrogen-bond acceptors (Lipinski definition) is 4. The van der Waals surface area contributed by atoms with Gasteiger partial charge in [-0.05, 0) is 35.7 Å². The van der Waals surface area contributed by atoms with Crippen LogP contribution in [0.5, 0.6) is 11.5 Å². The summed E-state index contributed by atoms with van der Waals surface area (Å²) in [7, 11) is 0. The van der Waals surface area contributed by atoms with E-state index in [1.165, 1.54) is 0 Å². The molecule has 1 amide bonds. The lowest BCUT2D eigenvalue weighted by Gasteiger charge is -2.20. The van der Waals surface area contributed by atoms with E-state index in [1.807, 2.05) is 55.5 Å². The zero-order valence-electron chi connectivity index (χ0n) is 14.6. The molecular formula is C21H20N2O3. The molecular weight excluding hydrogens is 328 g/mol. The summed E-state index contributed by atoms with van der Waals surface area (Å²) < 4.78 is 11.2. The van der Waals surface area contributed by atoms with Gasteiger partial charge in [0, 0.05) is 18.0 Å². The number of hydrogen-bond donors (Lipinski definition) is 1. The van der Waals surface area contributed by atoms with Gasteiger partial charge >= 0.3 is 0 Å². The highest BCUT2D eigenvalue weighted by Gasteiger charge is 2.17. The van der Waals surface area contributed by atoms with E-state index in [-0.39, 0.29) is 11.8 Å². The fraction of sp³-hybridized carbons (Fsp3) is 0.238. The molecule has 0 bridgehead atoms. The van der Waals surface area contributed by atoms with Gasteiger partial charge in [-0.3, -0.25) is 9.78 Å². The molecule has 132 valence electrons. The summed E-state index contributed by atoms with van der Waals surface area (Å²) in [5.74, 6) is 1.54. The molecule has 3 aromatic rings. The van der Waals surface area contributed by atoms with Crippen LogP contribution < -0.4 is 14.8 Å². The number of nitrogens with zero attached hydrogens (tertiary/aromatic N) is 1. The van der Waals surface area contributed by atoms with Gasteiger partial charge in [0.2, 0.25) is 5.91 Å². The van der Waals surface area contributed by atoms with Gasteiger partial charge < -0.3 is 14.8 Å². The average Bonchev–Trinajstić information content (AvgIpc) is 2.68. The lowest BCUT2D eigenvalue weighted by atomic mass is 9.97. The monoisotopic (exact) mass is 348 g/mol. The molecule has 1 aliphatic heterocycles. The molecule has 1 unspecified atom stereocenters. The second kappa shape index (κ2) is 7.04. The van der Waals surface area contributed by atoms with Crippen molar-refractivity contribution in [2.75, 3.05) is 18.5 Å². The van der Waals surface area contributed by atoms with Crippen molar-refractivity contribution < 1.29 is 14.3 Å². The van der Waals surface area contributed by atoms with Crippen molar-refractivity contribution in [1.82, 2.24) is 4.98 Å². The molecule has 5 heteroatoms. The molecule has 0 fully saturated rings. The van der Waals surface area contributed by atoms with Crippen molar-refractivity contribution >= 4 is 22.5 Å². The maximum absolute atomic E-state index is 12.5. The van der Waals surface area contributed by atoms with E-state index in [0.717, 1.165) is 33.7 Å². The van der Waals surface area contributed by atoms with Gasteiger partial charge in [0.25, 0.3) is 0 Å². The van der Waals surface area contributed by atoms with Crippen LogP contribution in [-0.4, -0.2) is 24.1 Å². The lowest BCUT2D eigenvalue weighted by molar-refractivity contribution is -0.116. The minimum Gasteiger partial charge on any atom is -0.486 e. The first-order valence-corrected chi connectivity index (χ1v) is 8.74. The number of carbonyl (C=O) groups is 1. The third-order valence-corrected chi connectivity index (χ3v) is 4.53. The number of ether oxygens (including phenoxy) is 2. The highest BCUT2D eigenvalue weighted by molar-refractivity contribution is 6.00. The third-order valence-electron chi connectivity index (χ3n) is 4.53. The molecule has 0 spiro atoms. The normalized spacial score (nSPS) is 14.0. The Bertz CT molecular complexity index is 950. The quantitative estimate of drug-likeness (QED) is 0.770. The summed E-state index contributed by atoms with van der Waals surface area (Å²) in [5.41, 5.74) is 2.60. The van der Waals surface area contributed by atoms with Gasteiger partial charge in [-0.15, -0.1) is 0 Å². The Morgan fingerprint density at radius 1 is 1.12 bits per heavy atom. The number of pyridine rings is 1. The van der Waals surface area contributed by atoms with Crippen molar-refractivity contribution in [3.05, 3.63) is 60.3 Å². The molecule has 26 heavy (non-hydrogen) atoms. The molecule has 0 saturated heterocycles. The molecule has 1 aromatic heterocycles. The van der Waals surface area contributed by atoms with Crippen LogP contribution in [0.1, 0.15) is 24.8 Å². The number of amides is 1. The van der Waals surface area contributed by atoms with Crippen LogP contribution in [0.2, 0.25) is 0 Å². The lowest BCUT2D eigenvalue weighted by Crippen LogP contribution is -2.17. The van der Waals surface area contributed by atoms with Gasteiger partial charge in [0.05, 0.1) is 11.2 Å². The Balaban J connectivity index is 1.47. The van der Waals surface area contributed by atoms with Gasteiger partial charge in [-0.25, -0.2) is 0 Å². The van der Waals surface area contributed by atoms with Crippen LogP contribution in [0.3, 0.4) is 0 Å². The minimum atomic E-state index is -0.0365. The Labute approximate surface area is 152 Å². The summed E-state index contributed by atoms with van der Waals surface area (Å²) in [6, 6.07) is 15.5. The first-order chi connectivity index (χ1) is 12.7. The van der Waals surface area contributed by atoms with Crippen LogP contribution in [0.4, 0.5) is 5.69 Å². The number of rotatable bonds is 4. The van der Waals surface area contributed by atoms with E-state index in [2.05, 4.69) is 10.3 Å². The second-order valence-electron chi connectivity index (χ2n) is 6.44. The largest absolute Gasteiger partial charge is 0.486 e. The predicted octanol–water partition coefficient (Wildman–Crippen LogP) is 4.14. The number of aromatic nitrogens is 1. The Morgan fingerprint density at radius 3 is 2.81 bits per heavy atom. The van der Waals surface area contributed by atoms with E-state index in [1.54, 1.807) is 6.20 Å². The number of para-hydroxylation sites is 1. The molecule has 2 heterocycles. The molecule has 0 aliphatic carbocycles. The molecule has 0 saturated carbocycles. The zero-order valence-corrected chi connectivity index (χ0v) is 14.6. The summed E-state index contributed by atoms with van der Waals surface area (Å²) in [5, 5.41) is 4.00. The van der Waals surface area contributed by atoms with Gasteiger partial charge in [-0.1, -0.05) is 31.2 Å². The summed E-state index contributed by atoms with van der Waals surface area (Å²) in [6.45, 7) is 3.16. The van der Waals surface area contributed by atoms with Gasteiger partial charge in [0.15, 0.2) is 11.5 Å². The smallest absolute Gasteiger partial charge is 0.225 e. The van der Waals surface area contributed by atoms with Crippen LogP contribution in [-0.2, 0) is 4.79 Å². The van der Waals surface area contributed by atoms with Gasteiger partial charge in [-0.2, -0.15) is 0 Å². The molecule has 1 aliphatic rings. The van der Waals surface area contributed by atoms with E-state index in [4.69, 9.17) is 9.47 Å². The van der Waals surface area contributed by atoms with Crippen LogP contribution in [0, 0.1) is 0 Å². The molecule has 5 nitrogen and oxygen atoms in total. The van der Waals surface area contributed by atoms with Crippen molar-refractivity contribution in [3.8, 4) is 11.5 Å². The molecule has 4 rings (SSSR count). The Kier molecular flexibility index (Phi) is 4.44. The second-order valence-corrected chi connectivity index (χ2v) is 6.44. The standard InChI is InChI=1S/C21H20N2O3/c1-14(16-7-8-18-19(13-16)26-11-10-25-18)12-20(24)23-17-6-2-4-15-5-3-9-22-21(15)17/h2-9,13-14H,10-12H2,1H3,(H,23,24). The number of nitrogens with one attached hydrogen (secondary N) is 1. The fourth-order valence-electron chi connectivity index (χ4n) is 3.17. The topological polar surface area (TPSA) is 60.5 Å². The van der Waals surface area contributed by atoms with Crippen molar-refractivity contribution in [2.24, 2.45) is 0 Å². The molecule has 0 radical (unpaired) electrons. The molecule has 1 atom stereocenters. The van der Waals surface area contributed by atoms with E-state index in [0.29, 0.717) is 19.6 Å². The zero-order chi connectivity index (χ0) is 17.9. The van der Waals surface area contributed by atoms with Crippen molar-refractivity contribution in [2.45, 2.75) is 19.3 Å². The number of carbonyl (C=O) groups excluding carboxylic acids is 1. The molecule has 1 N–H and O–H groups in total. The van der Waals surface area contributed by atoms with Crippen LogP contribution in [0.15, 0.2) is 54.7 Å². The Hall–Kier alpha value is -3.08. The maximum atomic E-state index is 12.5.